The summed E-state index contributed by atoms with van der Waals surface area (Å²) >= 11 is 0. The minimum absolute atomic E-state index is 0.329. The first-order chi connectivity index (χ1) is 6.72. The molecule has 0 radical (unpaired) electrons. The molecule has 0 aliphatic carbocycles. The van der Waals surface area contributed by atoms with E-state index >= 15 is 0 Å². The van der Waals surface area contributed by atoms with Gasteiger partial charge in [-0.25, -0.2) is 9.78 Å². The van der Waals surface area contributed by atoms with E-state index in [-0.39, 0.29) is 5.97 Å². The van der Waals surface area contributed by atoms with E-state index in [0.29, 0.717) is 5.56 Å². The van der Waals surface area contributed by atoms with Crippen molar-refractivity contribution in [1.29, 1.82) is 0 Å². The summed E-state index contributed by atoms with van der Waals surface area (Å²) in [6.45, 7) is 1.91. The first-order valence-electron chi connectivity index (χ1n) is 4.24. The molecule has 0 aliphatic heterocycles. The van der Waals surface area contributed by atoms with E-state index in [0.717, 1.165) is 16.6 Å². The molecule has 0 unspecified atom stereocenters. The van der Waals surface area contributed by atoms with Crippen LogP contribution in [-0.2, 0) is 4.74 Å². The van der Waals surface area contributed by atoms with Gasteiger partial charge in [0.2, 0.25) is 0 Å². The molecule has 2 rings (SSSR count). The Labute approximate surface area is 80.9 Å². The quantitative estimate of drug-likeness (QED) is 0.696. The molecule has 1 aromatic heterocycles. The normalized spacial score (nSPS) is 10.4. The van der Waals surface area contributed by atoms with Crippen LogP contribution in [0.1, 0.15) is 15.9 Å². The van der Waals surface area contributed by atoms with Gasteiger partial charge in [-0.2, -0.15) is 0 Å². The van der Waals surface area contributed by atoms with Gasteiger partial charge in [-0.1, -0.05) is 0 Å². The van der Waals surface area contributed by atoms with Gasteiger partial charge in [-0.3, -0.25) is 0 Å². The van der Waals surface area contributed by atoms with Gasteiger partial charge in [0, 0.05) is 0 Å². The van der Waals surface area contributed by atoms with E-state index in [1.165, 1.54) is 7.11 Å². The molecular formula is C10H10N2O2. The largest absolute Gasteiger partial charge is 0.465 e. The van der Waals surface area contributed by atoms with Gasteiger partial charge in [-0.05, 0) is 24.6 Å². The number of H-pyrrole nitrogens is 1. The lowest BCUT2D eigenvalue weighted by Crippen LogP contribution is -2.01. The molecule has 2 aromatic rings. The lowest BCUT2D eigenvalue weighted by molar-refractivity contribution is 0.0601. The Kier molecular flexibility index (Phi) is 1.96. The number of methoxy groups -OCH3 is 1. The summed E-state index contributed by atoms with van der Waals surface area (Å²) < 4.78 is 4.64. The van der Waals surface area contributed by atoms with Gasteiger partial charge >= 0.3 is 5.97 Å². The highest BCUT2D eigenvalue weighted by atomic mass is 16.5. The van der Waals surface area contributed by atoms with Gasteiger partial charge in [0.05, 0.1) is 30.0 Å². The van der Waals surface area contributed by atoms with Crippen molar-refractivity contribution in [3.63, 3.8) is 0 Å². The lowest BCUT2D eigenvalue weighted by atomic mass is 10.1. The van der Waals surface area contributed by atoms with Crippen LogP contribution in [0.3, 0.4) is 0 Å². The van der Waals surface area contributed by atoms with E-state index < -0.39 is 0 Å². The molecule has 0 atom stereocenters. The Morgan fingerprint density at radius 1 is 1.50 bits per heavy atom. The zero-order valence-electron chi connectivity index (χ0n) is 8.00. The van der Waals surface area contributed by atoms with E-state index in [2.05, 4.69) is 14.7 Å². The number of rotatable bonds is 1. The van der Waals surface area contributed by atoms with Crippen molar-refractivity contribution in [1.82, 2.24) is 9.97 Å². The van der Waals surface area contributed by atoms with Crippen molar-refractivity contribution >= 4 is 17.0 Å². The number of fused-ring (bicyclic) bond motifs is 1. The third-order valence-electron chi connectivity index (χ3n) is 2.14. The van der Waals surface area contributed by atoms with Gasteiger partial charge in [0.25, 0.3) is 0 Å². The summed E-state index contributed by atoms with van der Waals surface area (Å²) in [5.74, 6) is -0.329. The van der Waals surface area contributed by atoms with Gasteiger partial charge in [-0.15, -0.1) is 0 Å². The Hall–Kier alpha value is -1.84. The van der Waals surface area contributed by atoms with E-state index in [1.54, 1.807) is 18.5 Å². The zero-order chi connectivity index (χ0) is 10.1. The summed E-state index contributed by atoms with van der Waals surface area (Å²) in [4.78, 5) is 18.4. The average molecular weight is 190 g/mol. The second kappa shape index (κ2) is 3.14. The molecule has 0 saturated heterocycles. The van der Waals surface area contributed by atoms with Crippen LogP contribution in [0.15, 0.2) is 18.5 Å². The minimum atomic E-state index is -0.329. The standard InChI is InChI=1S/C10H10N2O2/c1-6-3-7(10(13)14-2)4-8-9(6)12-5-11-8/h3-5H,1-2H3,(H,11,12). The van der Waals surface area contributed by atoms with Crippen molar-refractivity contribution in [2.24, 2.45) is 0 Å². The number of aromatic amines is 1. The van der Waals surface area contributed by atoms with Crippen molar-refractivity contribution in [2.45, 2.75) is 6.92 Å². The number of hydrogen-bond acceptors (Lipinski definition) is 3. The lowest BCUT2D eigenvalue weighted by Gasteiger charge is -2.01. The third-order valence-corrected chi connectivity index (χ3v) is 2.14. The average Bonchev–Trinajstić information content (AvgIpc) is 2.64. The van der Waals surface area contributed by atoms with Crippen molar-refractivity contribution in [3.05, 3.63) is 29.6 Å². The number of carbonyl (C=O) groups excluding carboxylic acids is 1. The van der Waals surface area contributed by atoms with Crippen LogP contribution < -0.4 is 0 Å². The number of nitrogens with zero attached hydrogens (tertiary/aromatic N) is 1. The molecule has 4 heteroatoms. The van der Waals surface area contributed by atoms with Crippen LogP contribution in [0, 0.1) is 6.92 Å². The molecule has 1 heterocycles. The Bertz CT molecular complexity index is 488. The highest BCUT2D eigenvalue weighted by molar-refractivity contribution is 5.94. The van der Waals surface area contributed by atoms with Crippen LogP contribution in [0.2, 0.25) is 0 Å². The number of ether oxygens (including phenoxy) is 1. The minimum Gasteiger partial charge on any atom is -0.465 e. The number of hydrogen-bond donors (Lipinski definition) is 1. The smallest absolute Gasteiger partial charge is 0.337 e. The Balaban J connectivity index is 2.64. The summed E-state index contributed by atoms with van der Waals surface area (Å²) in [6, 6.07) is 3.51. The van der Waals surface area contributed by atoms with E-state index in [4.69, 9.17) is 0 Å². The molecule has 4 nitrogen and oxygen atoms in total. The molecule has 72 valence electrons. The summed E-state index contributed by atoms with van der Waals surface area (Å²) in [6.07, 6.45) is 1.61. The number of imidazole rings is 1. The van der Waals surface area contributed by atoms with Crippen molar-refractivity contribution in [2.75, 3.05) is 7.11 Å². The zero-order valence-corrected chi connectivity index (χ0v) is 8.00. The monoisotopic (exact) mass is 190 g/mol. The molecule has 0 fully saturated rings. The molecule has 0 saturated carbocycles. The topological polar surface area (TPSA) is 55.0 Å². The maximum atomic E-state index is 11.3. The van der Waals surface area contributed by atoms with Crippen LogP contribution in [0.5, 0.6) is 0 Å². The fourth-order valence-electron chi connectivity index (χ4n) is 1.46. The molecule has 0 spiro atoms. The third kappa shape index (κ3) is 1.25. The van der Waals surface area contributed by atoms with Gasteiger partial charge in [0.1, 0.15) is 0 Å². The van der Waals surface area contributed by atoms with E-state index in [1.807, 2.05) is 6.92 Å². The highest BCUT2D eigenvalue weighted by Crippen LogP contribution is 2.17. The number of nitrogens with one attached hydrogen (secondary N) is 1. The second-order valence-electron chi connectivity index (χ2n) is 3.08. The second-order valence-corrected chi connectivity index (χ2v) is 3.08. The fraction of sp³-hybridized carbons (Fsp3) is 0.200. The van der Waals surface area contributed by atoms with E-state index in [9.17, 15) is 4.79 Å². The SMILES string of the molecule is COC(=O)c1cc(C)c2nc[nH]c2c1. The molecule has 1 aromatic carbocycles. The molecule has 0 aliphatic rings. The molecular weight excluding hydrogens is 180 g/mol. The predicted octanol–water partition coefficient (Wildman–Crippen LogP) is 1.66. The Morgan fingerprint density at radius 3 is 3.00 bits per heavy atom. The fourth-order valence-corrected chi connectivity index (χ4v) is 1.46. The number of aryl methyl sites for hydroxylation is 1. The van der Waals surface area contributed by atoms with Crippen molar-refractivity contribution < 1.29 is 9.53 Å². The van der Waals surface area contributed by atoms with Crippen LogP contribution in [0.4, 0.5) is 0 Å². The number of esters is 1. The number of aromatic nitrogens is 2. The van der Waals surface area contributed by atoms with Crippen LogP contribution in [0.25, 0.3) is 11.0 Å². The van der Waals surface area contributed by atoms with Crippen molar-refractivity contribution in [3.8, 4) is 0 Å². The van der Waals surface area contributed by atoms with Gasteiger partial charge in [0.15, 0.2) is 0 Å². The highest BCUT2D eigenvalue weighted by Gasteiger charge is 2.09. The molecule has 14 heavy (non-hydrogen) atoms. The molecule has 0 amide bonds. The summed E-state index contributed by atoms with van der Waals surface area (Å²) in [5.41, 5.74) is 3.24. The van der Waals surface area contributed by atoms with Crippen LogP contribution in [-0.4, -0.2) is 23.0 Å². The molecule has 0 bridgehead atoms. The first kappa shape index (κ1) is 8.74. The maximum absolute atomic E-state index is 11.3. The predicted molar refractivity (Wildman–Crippen MR) is 52.2 cm³/mol. The van der Waals surface area contributed by atoms with Gasteiger partial charge < -0.3 is 9.72 Å². The number of carbonyl (C=O) groups is 1. The number of benzene rings is 1. The van der Waals surface area contributed by atoms with Crippen LogP contribution >= 0.6 is 0 Å². The molecule has 1 N–H and O–H groups in total. The summed E-state index contributed by atoms with van der Waals surface area (Å²) in [5, 5.41) is 0. The first-order valence-corrected chi connectivity index (χ1v) is 4.24. The maximum Gasteiger partial charge on any atom is 0.337 e. The summed E-state index contributed by atoms with van der Waals surface area (Å²) in [7, 11) is 1.37. The Morgan fingerprint density at radius 2 is 2.29 bits per heavy atom.